The molecule has 1 fully saturated rings. The Morgan fingerprint density at radius 1 is 1.48 bits per heavy atom. The van der Waals surface area contributed by atoms with Gasteiger partial charge in [0, 0.05) is 18.3 Å². The summed E-state index contributed by atoms with van der Waals surface area (Å²) in [5.74, 6) is -0.530. The van der Waals surface area contributed by atoms with Gasteiger partial charge in [0.1, 0.15) is 6.61 Å². The van der Waals surface area contributed by atoms with Crippen molar-refractivity contribution in [1.29, 1.82) is 0 Å². The summed E-state index contributed by atoms with van der Waals surface area (Å²) in [6, 6.07) is 2.98. The number of likely N-dealkylation sites (tertiary alicyclic amines) is 1. The largest absolute Gasteiger partial charge is 0.387 e. The SMILES string of the molecule is CC1N(C(=O)CO)CCC12C(=O)Nc1cc(Cl)c(Cl)cc12. The molecule has 21 heavy (non-hydrogen) atoms. The Labute approximate surface area is 131 Å². The van der Waals surface area contributed by atoms with Crippen LogP contribution in [0.4, 0.5) is 5.69 Å². The fourth-order valence-corrected chi connectivity index (χ4v) is 3.76. The van der Waals surface area contributed by atoms with Crippen molar-refractivity contribution in [2.24, 2.45) is 0 Å². The Kier molecular flexibility index (Phi) is 3.39. The molecule has 0 saturated carbocycles. The number of fused-ring (bicyclic) bond motifs is 2. The zero-order valence-corrected chi connectivity index (χ0v) is 12.8. The van der Waals surface area contributed by atoms with Crippen LogP contribution in [0, 0.1) is 0 Å². The quantitative estimate of drug-likeness (QED) is 0.825. The number of halogens is 2. The van der Waals surface area contributed by atoms with Crippen LogP contribution in [0.3, 0.4) is 0 Å². The van der Waals surface area contributed by atoms with Crippen molar-refractivity contribution in [2.75, 3.05) is 18.5 Å². The summed E-state index contributed by atoms with van der Waals surface area (Å²) < 4.78 is 0. The van der Waals surface area contributed by atoms with Crippen LogP contribution >= 0.6 is 23.2 Å². The van der Waals surface area contributed by atoms with E-state index in [1.54, 1.807) is 12.1 Å². The molecule has 112 valence electrons. The third-order valence-corrected chi connectivity index (χ3v) is 5.30. The number of hydrogen-bond acceptors (Lipinski definition) is 3. The van der Waals surface area contributed by atoms with Crippen LogP contribution in [0.25, 0.3) is 0 Å². The lowest BCUT2D eigenvalue weighted by atomic mass is 9.75. The monoisotopic (exact) mass is 328 g/mol. The summed E-state index contributed by atoms with van der Waals surface area (Å²) in [5.41, 5.74) is 0.580. The second-order valence-electron chi connectivity index (χ2n) is 5.41. The molecule has 2 N–H and O–H groups in total. The molecule has 2 aliphatic heterocycles. The highest BCUT2D eigenvalue weighted by Gasteiger charge is 2.57. The molecule has 1 saturated heterocycles. The first kappa shape index (κ1) is 14.6. The molecular formula is C14H14Cl2N2O3. The van der Waals surface area contributed by atoms with Crippen LogP contribution in [0.5, 0.6) is 0 Å². The van der Waals surface area contributed by atoms with Gasteiger partial charge >= 0.3 is 0 Å². The zero-order chi connectivity index (χ0) is 15.4. The molecule has 0 radical (unpaired) electrons. The highest BCUT2D eigenvalue weighted by atomic mass is 35.5. The van der Waals surface area contributed by atoms with Crippen molar-refractivity contribution in [1.82, 2.24) is 4.90 Å². The Morgan fingerprint density at radius 3 is 2.81 bits per heavy atom. The fraction of sp³-hybridized carbons (Fsp3) is 0.429. The molecule has 3 rings (SSSR count). The van der Waals surface area contributed by atoms with E-state index >= 15 is 0 Å². The van der Waals surface area contributed by atoms with Crippen molar-refractivity contribution < 1.29 is 14.7 Å². The van der Waals surface area contributed by atoms with E-state index in [2.05, 4.69) is 5.32 Å². The van der Waals surface area contributed by atoms with Gasteiger partial charge < -0.3 is 15.3 Å². The second kappa shape index (κ2) is 4.87. The van der Waals surface area contributed by atoms with Gasteiger partial charge in [-0.25, -0.2) is 0 Å². The Balaban J connectivity index is 2.10. The molecule has 0 bridgehead atoms. The van der Waals surface area contributed by atoms with Gasteiger partial charge in [0.2, 0.25) is 11.8 Å². The van der Waals surface area contributed by atoms with Crippen LogP contribution in [0.15, 0.2) is 12.1 Å². The summed E-state index contributed by atoms with van der Waals surface area (Å²) in [4.78, 5) is 25.9. The van der Waals surface area contributed by atoms with Crippen molar-refractivity contribution in [3.8, 4) is 0 Å². The van der Waals surface area contributed by atoms with E-state index in [0.717, 1.165) is 5.56 Å². The van der Waals surface area contributed by atoms with E-state index in [4.69, 9.17) is 28.3 Å². The van der Waals surface area contributed by atoms with E-state index in [-0.39, 0.29) is 17.9 Å². The van der Waals surface area contributed by atoms with Crippen LogP contribution < -0.4 is 5.32 Å². The van der Waals surface area contributed by atoms with Crippen molar-refractivity contribution in [3.63, 3.8) is 0 Å². The number of rotatable bonds is 1. The molecule has 0 aliphatic carbocycles. The number of nitrogens with zero attached hydrogens (tertiary/aromatic N) is 1. The standard InChI is InChI=1S/C14H14Cl2N2O3/c1-7-14(2-3-18(7)12(20)6-19)8-4-9(15)10(16)5-11(8)17-13(14)21/h4-5,7,19H,2-3,6H2,1H3,(H,17,21). The predicted octanol–water partition coefficient (Wildman–Crippen LogP) is 1.80. The summed E-state index contributed by atoms with van der Waals surface area (Å²) in [6.45, 7) is 1.68. The van der Waals surface area contributed by atoms with E-state index in [9.17, 15) is 9.59 Å². The Bertz CT molecular complexity index is 649. The Hall–Kier alpha value is -1.30. The molecule has 1 aromatic rings. The lowest BCUT2D eigenvalue weighted by molar-refractivity contribution is -0.135. The summed E-state index contributed by atoms with van der Waals surface area (Å²) in [5, 5.41) is 12.6. The number of carbonyl (C=O) groups excluding carboxylic acids is 2. The van der Waals surface area contributed by atoms with Crippen LogP contribution in [-0.2, 0) is 15.0 Å². The lowest BCUT2D eigenvalue weighted by Crippen LogP contribution is -2.47. The molecule has 7 heteroatoms. The maximum absolute atomic E-state index is 12.5. The lowest BCUT2D eigenvalue weighted by Gasteiger charge is -2.30. The molecule has 2 aliphatic rings. The van der Waals surface area contributed by atoms with Gasteiger partial charge in [-0.2, -0.15) is 0 Å². The highest BCUT2D eigenvalue weighted by Crippen LogP contribution is 2.49. The molecule has 1 spiro atoms. The van der Waals surface area contributed by atoms with Crippen LogP contribution in [-0.4, -0.2) is 41.0 Å². The van der Waals surface area contributed by atoms with Gasteiger partial charge in [0.15, 0.2) is 0 Å². The first-order valence-electron chi connectivity index (χ1n) is 6.63. The van der Waals surface area contributed by atoms with Gasteiger partial charge in [-0.05, 0) is 31.0 Å². The van der Waals surface area contributed by atoms with E-state index in [0.29, 0.717) is 28.7 Å². The highest BCUT2D eigenvalue weighted by molar-refractivity contribution is 6.42. The first-order valence-corrected chi connectivity index (χ1v) is 7.38. The van der Waals surface area contributed by atoms with Gasteiger partial charge in [0.05, 0.1) is 15.5 Å². The molecule has 0 aromatic heterocycles. The second-order valence-corrected chi connectivity index (χ2v) is 6.22. The van der Waals surface area contributed by atoms with Gasteiger partial charge in [0.25, 0.3) is 0 Å². The summed E-state index contributed by atoms with van der Waals surface area (Å²) in [6.07, 6.45) is 0.497. The van der Waals surface area contributed by atoms with E-state index in [1.807, 2.05) is 6.92 Å². The normalized spacial score (nSPS) is 27.1. The number of amides is 2. The maximum atomic E-state index is 12.5. The smallest absolute Gasteiger partial charge is 0.248 e. The first-order chi connectivity index (χ1) is 9.91. The topological polar surface area (TPSA) is 69.6 Å². The molecular weight excluding hydrogens is 315 g/mol. The van der Waals surface area contributed by atoms with Gasteiger partial charge in [-0.1, -0.05) is 23.2 Å². The average molecular weight is 329 g/mol. The third kappa shape index (κ3) is 1.88. The number of carbonyl (C=O) groups is 2. The summed E-state index contributed by atoms with van der Waals surface area (Å²) in [7, 11) is 0. The van der Waals surface area contributed by atoms with E-state index < -0.39 is 12.0 Å². The van der Waals surface area contributed by atoms with Gasteiger partial charge in [-0.15, -0.1) is 0 Å². The molecule has 2 unspecified atom stereocenters. The van der Waals surface area contributed by atoms with Crippen molar-refractivity contribution >= 4 is 40.7 Å². The minimum absolute atomic E-state index is 0.156. The molecule has 2 heterocycles. The molecule has 2 atom stereocenters. The molecule has 5 nitrogen and oxygen atoms in total. The van der Waals surface area contributed by atoms with Crippen LogP contribution in [0.2, 0.25) is 10.0 Å². The van der Waals surface area contributed by atoms with Crippen LogP contribution in [0.1, 0.15) is 18.9 Å². The minimum atomic E-state index is -0.825. The van der Waals surface area contributed by atoms with Crippen molar-refractivity contribution in [2.45, 2.75) is 24.8 Å². The molecule has 2 amide bonds. The maximum Gasteiger partial charge on any atom is 0.248 e. The number of aliphatic hydroxyl groups excluding tert-OH is 1. The minimum Gasteiger partial charge on any atom is -0.387 e. The molecule has 1 aromatic carbocycles. The third-order valence-electron chi connectivity index (χ3n) is 4.58. The number of benzene rings is 1. The number of hydrogen-bond donors (Lipinski definition) is 2. The number of aliphatic hydroxyl groups is 1. The average Bonchev–Trinajstić information content (AvgIpc) is 2.92. The Morgan fingerprint density at radius 2 is 2.14 bits per heavy atom. The van der Waals surface area contributed by atoms with E-state index in [1.165, 1.54) is 4.90 Å². The number of nitrogens with one attached hydrogen (secondary N) is 1. The van der Waals surface area contributed by atoms with Crippen molar-refractivity contribution in [3.05, 3.63) is 27.7 Å². The predicted molar refractivity (Wildman–Crippen MR) is 79.6 cm³/mol. The van der Waals surface area contributed by atoms with Gasteiger partial charge in [-0.3, -0.25) is 9.59 Å². The fourth-order valence-electron chi connectivity index (χ4n) is 3.44. The number of anilines is 1. The zero-order valence-electron chi connectivity index (χ0n) is 11.3. The summed E-state index contributed by atoms with van der Waals surface area (Å²) >= 11 is 12.1.